The molecule has 0 heterocycles. The SMILES string of the molecule is Cc1ccccc1NC1(C(N)=O)CCCCC1C(C)(C)C. The number of anilines is 1. The van der Waals surface area contributed by atoms with Crippen LogP contribution in [0.4, 0.5) is 5.69 Å². The lowest BCUT2D eigenvalue weighted by Gasteiger charge is -2.49. The van der Waals surface area contributed by atoms with Crippen molar-refractivity contribution in [2.45, 2.75) is 58.9 Å². The minimum absolute atomic E-state index is 0.0468. The molecule has 1 aromatic rings. The van der Waals surface area contributed by atoms with Gasteiger partial charge in [0.1, 0.15) is 5.54 Å². The molecule has 3 nitrogen and oxygen atoms in total. The average Bonchev–Trinajstić information content (AvgIpc) is 2.40. The zero-order chi connectivity index (χ0) is 15.7. The summed E-state index contributed by atoms with van der Waals surface area (Å²) in [6.07, 6.45) is 4.09. The van der Waals surface area contributed by atoms with Gasteiger partial charge in [0.15, 0.2) is 0 Å². The highest BCUT2D eigenvalue weighted by Gasteiger charge is 2.50. The van der Waals surface area contributed by atoms with Gasteiger partial charge < -0.3 is 11.1 Å². The molecule has 0 bridgehead atoms. The van der Waals surface area contributed by atoms with Crippen LogP contribution < -0.4 is 11.1 Å². The Bertz CT molecular complexity index is 518. The molecular formula is C18H28N2O. The van der Waals surface area contributed by atoms with Crippen LogP contribution in [-0.4, -0.2) is 11.4 Å². The monoisotopic (exact) mass is 288 g/mol. The van der Waals surface area contributed by atoms with Crippen LogP contribution in [0, 0.1) is 18.3 Å². The Morgan fingerprint density at radius 1 is 1.29 bits per heavy atom. The Balaban J connectivity index is 2.44. The molecule has 116 valence electrons. The van der Waals surface area contributed by atoms with Crippen LogP contribution in [0.3, 0.4) is 0 Å². The maximum atomic E-state index is 12.4. The van der Waals surface area contributed by atoms with Gasteiger partial charge >= 0.3 is 0 Å². The Kier molecular flexibility index (Phi) is 4.31. The summed E-state index contributed by atoms with van der Waals surface area (Å²) in [6.45, 7) is 8.69. The van der Waals surface area contributed by atoms with Crippen LogP contribution >= 0.6 is 0 Å². The van der Waals surface area contributed by atoms with Crippen molar-refractivity contribution in [1.82, 2.24) is 0 Å². The standard InChI is InChI=1S/C18H28N2O/c1-13-9-5-6-10-14(13)20-18(16(19)21)12-8-7-11-15(18)17(2,3)4/h5-6,9-10,15,20H,7-8,11-12H2,1-4H3,(H2,19,21). The number of rotatable bonds is 3. The quantitative estimate of drug-likeness (QED) is 0.887. The first-order valence-electron chi connectivity index (χ1n) is 7.91. The molecule has 1 aliphatic carbocycles. The third-order valence-corrected chi connectivity index (χ3v) is 4.90. The molecule has 1 amide bonds. The van der Waals surface area contributed by atoms with E-state index in [-0.39, 0.29) is 17.2 Å². The molecule has 21 heavy (non-hydrogen) atoms. The van der Waals surface area contributed by atoms with Crippen molar-refractivity contribution in [2.24, 2.45) is 17.1 Å². The van der Waals surface area contributed by atoms with Crippen molar-refractivity contribution < 1.29 is 4.79 Å². The van der Waals surface area contributed by atoms with Crippen molar-refractivity contribution >= 4 is 11.6 Å². The maximum absolute atomic E-state index is 12.4. The van der Waals surface area contributed by atoms with Gasteiger partial charge in [-0.25, -0.2) is 0 Å². The normalized spacial score (nSPS) is 26.4. The zero-order valence-corrected chi connectivity index (χ0v) is 13.7. The number of carbonyl (C=O) groups is 1. The fraction of sp³-hybridized carbons (Fsp3) is 0.611. The lowest BCUT2D eigenvalue weighted by atomic mass is 9.61. The molecule has 1 aliphatic rings. The molecule has 0 saturated heterocycles. The van der Waals surface area contributed by atoms with Crippen molar-refractivity contribution in [3.63, 3.8) is 0 Å². The Labute approximate surface area is 128 Å². The summed E-state index contributed by atoms with van der Waals surface area (Å²) < 4.78 is 0. The fourth-order valence-electron chi connectivity index (χ4n) is 3.80. The molecule has 0 spiro atoms. The molecule has 1 fully saturated rings. The predicted molar refractivity (Wildman–Crippen MR) is 88.1 cm³/mol. The number of amides is 1. The van der Waals surface area contributed by atoms with E-state index in [1.807, 2.05) is 18.2 Å². The lowest BCUT2D eigenvalue weighted by molar-refractivity contribution is -0.127. The number of nitrogens with two attached hydrogens (primary N) is 1. The highest BCUT2D eigenvalue weighted by molar-refractivity contribution is 5.89. The number of carbonyl (C=O) groups excluding carboxylic acids is 1. The third-order valence-electron chi connectivity index (χ3n) is 4.90. The van der Waals surface area contributed by atoms with Crippen LogP contribution in [0.2, 0.25) is 0 Å². The van der Waals surface area contributed by atoms with E-state index in [9.17, 15) is 4.79 Å². The van der Waals surface area contributed by atoms with Crippen LogP contribution in [0.25, 0.3) is 0 Å². The Morgan fingerprint density at radius 3 is 2.52 bits per heavy atom. The van der Waals surface area contributed by atoms with Crippen molar-refractivity contribution in [1.29, 1.82) is 0 Å². The molecule has 3 N–H and O–H groups in total. The van der Waals surface area contributed by atoms with E-state index in [0.717, 1.165) is 30.5 Å². The number of nitrogens with one attached hydrogen (secondary N) is 1. The summed E-state index contributed by atoms with van der Waals surface area (Å²) in [4.78, 5) is 12.4. The van der Waals surface area contributed by atoms with Gasteiger partial charge in [-0.05, 0) is 42.7 Å². The van der Waals surface area contributed by atoms with E-state index in [2.05, 4.69) is 39.1 Å². The molecule has 1 aromatic carbocycles. The van der Waals surface area contributed by atoms with Gasteiger partial charge in [0, 0.05) is 5.69 Å². The topological polar surface area (TPSA) is 55.1 Å². The summed E-state index contributed by atoms with van der Waals surface area (Å²) in [7, 11) is 0. The first kappa shape index (κ1) is 15.9. The number of primary amides is 1. The Morgan fingerprint density at radius 2 is 1.95 bits per heavy atom. The summed E-state index contributed by atoms with van der Waals surface area (Å²) in [5.41, 5.74) is 7.47. The van der Waals surface area contributed by atoms with Gasteiger partial charge in [-0.3, -0.25) is 4.79 Å². The minimum Gasteiger partial charge on any atom is -0.371 e. The second-order valence-electron chi connectivity index (χ2n) is 7.44. The molecule has 1 saturated carbocycles. The lowest BCUT2D eigenvalue weighted by Crippen LogP contribution is -2.60. The smallest absolute Gasteiger partial charge is 0.243 e. The number of aryl methyl sites for hydroxylation is 1. The van der Waals surface area contributed by atoms with E-state index < -0.39 is 5.54 Å². The van der Waals surface area contributed by atoms with Gasteiger partial charge in [0.25, 0.3) is 0 Å². The summed E-state index contributed by atoms with van der Waals surface area (Å²) in [5, 5.41) is 3.54. The second-order valence-corrected chi connectivity index (χ2v) is 7.44. The van der Waals surface area contributed by atoms with E-state index in [4.69, 9.17) is 5.73 Å². The van der Waals surface area contributed by atoms with E-state index in [1.54, 1.807) is 0 Å². The highest BCUT2D eigenvalue weighted by Crippen LogP contribution is 2.46. The van der Waals surface area contributed by atoms with Crippen molar-refractivity contribution in [2.75, 3.05) is 5.32 Å². The summed E-state index contributed by atoms with van der Waals surface area (Å²) >= 11 is 0. The predicted octanol–water partition coefficient (Wildman–Crippen LogP) is 3.87. The molecule has 2 atom stereocenters. The van der Waals surface area contributed by atoms with Crippen LogP contribution in [0.1, 0.15) is 52.0 Å². The van der Waals surface area contributed by atoms with E-state index >= 15 is 0 Å². The number of hydrogen-bond donors (Lipinski definition) is 2. The fourth-order valence-corrected chi connectivity index (χ4v) is 3.80. The highest BCUT2D eigenvalue weighted by atomic mass is 16.1. The maximum Gasteiger partial charge on any atom is 0.243 e. The van der Waals surface area contributed by atoms with Gasteiger partial charge in [0.2, 0.25) is 5.91 Å². The largest absolute Gasteiger partial charge is 0.371 e. The third kappa shape index (κ3) is 3.07. The number of para-hydroxylation sites is 1. The van der Waals surface area contributed by atoms with Gasteiger partial charge in [-0.2, -0.15) is 0 Å². The molecule has 0 radical (unpaired) electrons. The number of benzene rings is 1. The van der Waals surface area contributed by atoms with Crippen molar-refractivity contribution in [3.05, 3.63) is 29.8 Å². The first-order chi connectivity index (χ1) is 9.77. The van der Waals surface area contributed by atoms with Gasteiger partial charge in [0.05, 0.1) is 0 Å². The van der Waals surface area contributed by atoms with Crippen LogP contribution in [0.5, 0.6) is 0 Å². The molecule has 2 unspecified atom stereocenters. The molecule has 2 rings (SSSR count). The molecule has 0 aromatic heterocycles. The zero-order valence-electron chi connectivity index (χ0n) is 13.7. The summed E-state index contributed by atoms with van der Waals surface area (Å²) in [6, 6.07) is 8.11. The second kappa shape index (κ2) is 5.70. The Hall–Kier alpha value is -1.51. The van der Waals surface area contributed by atoms with E-state index in [1.165, 1.54) is 6.42 Å². The molecule has 3 heteroatoms. The van der Waals surface area contributed by atoms with Gasteiger partial charge in [-0.15, -0.1) is 0 Å². The molecular weight excluding hydrogens is 260 g/mol. The number of hydrogen-bond acceptors (Lipinski definition) is 2. The average molecular weight is 288 g/mol. The van der Waals surface area contributed by atoms with Gasteiger partial charge in [-0.1, -0.05) is 51.8 Å². The minimum atomic E-state index is -0.636. The molecule has 0 aliphatic heterocycles. The van der Waals surface area contributed by atoms with E-state index in [0.29, 0.717) is 0 Å². The van der Waals surface area contributed by atoms with Crippen LogP contribution in [-0.2, 0) is 4.79 Å². The van der Waals surface area contributed by atoms with Crippen LogP contribution in [0.15, 0.2) is 24.3 Å². The summed E-state index contributed by atoms with van der Waals surface area (Å²) in [5.74, 6) is 0.0289. The first-order valence-corrected chi connectivity index (χ1v) is 7.91. The van der Waals surface area contributed by atoms with Crippen molar-refractivity contribution in [3.8, 4) is 0 Å².